The van der Waals surface area contributed by atoms with Gasteiger partial charge in [-0.3, -0.25) is 0 Å². The van der Waals surface area contributed by atoms with Crippen LogP contribution in [0.2, 0.25) is 0 Å². The Hall–Kier alpha value is -4.20. The number of hydrogen-bond acceptors (Lipinski definition) is 8. The van der Waals surface area contributed by atoms with Gasteiger partial charge in [0.15, 0.2) is 0 Å². The molecule has 3 rings (SSSR count). The summed E-state index contributed by atoms with van der Waals surface area (Å²) in [6, 6.07) is 13.9. The molecule has 30 heavy (non-hydrogen) atoms. The minimum atomic E-state index is -0.737. The average molecular weight is 410 g/mol. The van der Waals surface area contributed by atoms with Crippen molar-refractivity contribution in [3.63, 3.8) is 0 Å². The van der Waals surface area contributed by atoms with Gasteiger partial charge < -0.3 is 29.9 Å². The molecule has 154 valence electrons. The fraction of sp³-hybridized carbons (Fsp3) is 0.0909. The van der Waals surface area contributed by atoms with Gasteiger partial charge in [-0.25, -0.2) is 9.59 Å². The molecule has 8 heteroatoms. The van der Waals surface area contributed by atoms with E-state index in [2.05, 4.69) is 0 Å². The highest BCUT2D eigenvalue weighted by Gasteiger charge is 2.14. The first kappa shape index (κ1) is 20.5. The van der Waals surface area contributed by atoms with Gasteiger partial charge in [0.1, 0.15) is 47.3 Å². The lowest BCUT2D eigenvalue weighted by atomic mass is 10.1. The fourth-order valence-electron chi connectivity index (χ4n) is 2.57. The van der Waals surface area contributed by atoms with E-state index in [1.54, 1.807) is 24.3 Å². The highest BCUT2D eigenvalue weighted by molar-refractivity contribution is 5.93. The minimum Gasteiger partial charge on any atom is -0.508 e. The molecule has 0 spiro atoms. The first-order chi connectivity index (χ1) is 14.3. The third-order valence-electron chi connectivity index (χ3n) is 4.17. The molecule has 0 radical (unpaired) electrons. The molecule has 0 saturated carbocycles. The second-order valence-electron chi connectivity index (χ2n) is 6.37. The zero-order valence-corrected chi connectivity index (χ0v) is 15.6. The normalized spacial score (nSPS) is 10.4. The lowest BCUT2D eigenvalue weighted by Gasteiger charge is -2.09. The van der Waals surface area contributed by atoms with Crippen molar-refractivity contribution in [2.45, 2.75) is 13.2 Å². The van der Waals surface area contributed by atoms with Crippen LogP contribution in [-0.4, -0.2) is 32.4 Å². The van der Waals surface area contributed by atoms with Crippen molar-refractivity contribution in [1.29, 1.82) is 0 Å². The van der Waals surface area contributed by atoms with Crippen LogP contribution in [0.1, 0.15) is 31.8 Å². The van der Waals surface area contributed by atoms with Crippen molar-refractivity contribution >= 4 is 11.9 Å². The molecule has 0 unspecified atom stereocenters. The summed E-state index contributed by atoms with van der Waals surface area (Å²) < 4.78 is 10.3. The van der Waals surface area contributed by atoms with E-state index < -0.39 is 11.9 Å². The topological polar surface area (TPSA) is 134 Å². The van der Waals surface area contributed by atoms with Gasteiger partial charge in [-0.2, -0.15) is 0 Å². The molecule has 0 aromatic heterocycles. The molecule has 0 fully saturated rings. The second kappa shape index (κ2) is 8.87. The maximum Gasteiger partial charge on any atom is 0.342 e. The Kier molecular flexibility index (Phi) is 6.07. The molecule has 4 N–H and O–H groups in total. The van der Waals surface area contributed by atoms with E-state index in [-0.39, 0.29) is 47.3 Å². The molecule has 3 aromatic carbocycles. The van der Waals surface area contributed by atoms with Crippen molar-refractivity contribution in [3.8, 4) is 23.0 Å². The molecule has 0 amide bonds. The lowest BCUT2D eigenvalue weighted by molar-refractivity contribution is 0.0456. The SMILES string of the molecule is O=C(OCc1ccc(COC(=O)c2ccc(O)cc2O)cc1)c1ccc(O)cc1O. The Morgan fingerprint density at radius 2 is 0.967 bits per heavy atom. The smallest absolute Gasteiger partial charge is 0.342 e. The number of phenols is 4. The Morgan fingerprint density at radius 3 is 1.30 bits per heavy atom. The zero-order valence-electron chi connectivity index (χ0n) is 15.6. The number of rotatable bonds is 6. The van der Waals surface area contributed by atoms with Crippen molar-refractivity contribution in [2.24, 2.45) is 0 Å². The van der Waals surface area contributed by atoms with Crippen LogP contribution in [0.15, 0.2) is 60.7 Å². The summed E-state index contributed by atoms with van der Waals surface area (Å²) in [5.74, 6) is -2.56. The zero-order chi connectivity index (χ0) is 21.7. The summed E-state index contributed by atoms with van der Waals surface area (Å²) in [5, 5.41) is 37.9. The van der Waals surface area contributed by atoms with Crippen LogP contribution in [0.3, 0.4) is 0 Å². The van der Waals surface area contributed by atoms with Gasteiger partial charge in [0.25, 0.3) is 0 Å². The maximum atomic E-state index is 12.0. The van der Waals surface area contributed by atoms with Crippen LogP contribution in [0, 0.1) is 0 Å². The highest BCUT2D eigenvalue weighted by atomic mass is 16.5. The second-order valence-corrected chi connectivity index (χ2v) is 6.37. The van der Waals surface area contributed by atoms with Crippen LogP contribution in [-0.2, 0) is 22.7 Å². The van der Waals surface area contributed by atoms with E-state index >= 15 is 0 Å². The van der Waals surface area contributed by atoms with Gasteiger partial charge in [-0.05, 0) is 35.4 Å². The molecule has 0 aliphatic rings. The number of ether oxygens (including phenoxy) is 2. The Morgan fingerprint density at radius 1 is 0.600 bits per heavy atom. The van der Waals surface area contributed by atoms with E-state index in [0.29, 0.717) is 11.1 Å². The number of aromatic hydroxyl groups is 4. The fourth-order valence-corrected chi connectivity index (χ4v) is 2.57. The predicted molar refractivity (Wildman–Crippen MR) is 104 cm³/mol. The first-order valence-electron chi connectivity index (χ1n) is 8.79. The summed E-state index contributed by atoms with van der Waals surface area (Å²) in [4.78, 5) is 24.0. The van der Waals surface area contributed by atoms with Crippen LogP contribution in [0.5, 0.6) is 23.0 Å². The third kappa shape index (κ3) is 4.99. The monoisotopic (exact) mass is 410 g/mol. The molecule has 0 bridgehead atoms. The first-order valence-corrected chi connectivity index (χ1v) is 8.79. The number of esters is 2. The number of carbonyl (C=O) groups is 2. The number of hydrogen-bond donors (Lipinski definition) is 4. The summed E-state index contributed by atoms with van der Waals surface area (Å²) in [7, 11) is 0. The van der Waals surface area contributed by atoms with Crippen molar-refractivity contribution in [3.05, 3.63) is 82.9 Å². The van der Waals surface area contributed by atoms with Crippen molar-refractivity contribution in [2.75, 3.05) is 0 Å². The van der Waals surface area contributed by atoms with Gasteiger partial charge in [0.2, 0.25) is 0 Å². The number of phenolic OH excluding ortho intramolecular Hbond substituents is 4. The third-order valence-corrected chi connectivity index (χ3v) is 4.17. The van der Waals surface area contributed by atoms with E-state index in [1.807, 2.05) is 0 Å². The Bertz CT molecular complexity index is 986. The summed E-state index contributed by atoms with van der Waals surface area (Å²) in [5.41, 5.74) is 1.23. The molecule has 0 atom stereocenters. The van der Waals surface area contributed by atoms with Crippen LogP contribution in [0.4, 0.5) is 0 Å². The Balaban J connectivity index is 1.53. The number of carbonyl (C=O) groups excluding carboxylic acids is 2. The van der Waals surface area contributed by atoms with Crippen LogP contribution < -0.4 is 0 Å². The molecule has 8 nitrogen and oxygen atoms in total. The molecule has 3 aromatic rings. The van der Waals surface area contributed by atoms with Gasteiger partial charge in [-0.15, -0.1) is 0 Å². The quantitative estimate of drug-likeness (QED) is 0.455. The van der Waals surface area contributed by atoms with Crippen LogP contribution >= 0.6 is 0 Å². The Labute approximate surface area is 171 Å². The molecular weight excluding hydrogens is 392 g/mol. The van der Waals surface area contributed by atoms with E-state index in [0.717, 1.165) is 12.1 Å². The molecule has 0 heterocycles. The van der Waals surface area contributed by atoms with Gasteiger partial charge in [0, 0.05) is 12.1 Å². The molecule has 0 saturated heterocycles. The van der Waals surface area contributed by atoms with Gasteiger partial charge >= 0.3 is 11.9 Å². The number of benzene rings is 3. The summed E-state index contributed by atoms with van der Waals surface area (Å²) >= 11 is 0. The van der Waals surface area contributed by atoms with Gasteiger partial charge in [0.05, 0.1) is 0 Å². The molecule has 0 aliphatic heterocycles. The maximum absolute atomic E-state index is 12.0. The van der Waals surface area contributed by atoms with E-state index in [1.165, 1.54) is 24.3 Å². The van der Waals surface area contributed by atoms with Gasteiger partial charge in [-0.1, -0.05) is 24.3 Å². The molecular formula is C22H18O8. The average Bonchev–Trinajstić information content (AvgIpc) is 2.71. The largest absolute Gasteiger partial charge is 0.508 e. The highest BCUT2D eigenvalue weighted by Crippen LogP contribution is 2.24. The lowest BCUT2D eigenvalue weighted by Crippen LogP contribution is -2.06. The van der Waals surface area contributed by atoms with Crippen LogP contribution in [0.25, 0.3) is 0 Å². The van der Waals surface area contributed by atoms with Crippen molar-refractivity contribution < 1.29 is 39.5 Å². The summed E-state index contributed by atoms with van der Waals surface area (Å²) in [6.07, 6.45) is 0. The molecule has 0 aliphatic carbocycles. The van der Waals surface area contributed by atoms with Crippen molar-refractivity contribution in [1.82, 2.24) is 0 Å². The van der Waals surface area contributed by atoms with E-state index in [4.69, 9.17) is 9.47 Å². The predicted octanol–water partition coefficient (Wildman–Crippen LogP) is 3.22. The minimum absolute atomic E-state index is 0.0411. The standard InChI is InChI=1S/C22H18O8/c23-15-5-7-17(19(25)9-15)21(27)29-11-13-1-2-14(4-3-13)12-30-22(28)18-8-6-16(24)10-20(18)26/h1-10,23-26H,11-12H2. The summed E-state index contributed by atoms with van der Waals surface area (Å²) in [6.45, 7) is -0.0821. The van der Waals surface area contributed by atoms with E-state index in [9.17, 15) is 30.0 Å².